The fourth-order valence-electron chi connectivity index (χ4n) is 6.71. The van der Waals surface area contributed by atoms with Crippen molar-refractivity contribution in [1.82, 2.24) is 14.7 Å². The van der Waals surface area contributed by atoms with Crippen LogP contribution >= 0.6 is 0 Å². The van der Waals surface area contributed by atoms with E-state index in [1.165, 1.54) is 16.9 Å². The topological polar surface area (TPSA) is 104 Å². The Morgan fingerprint density at radius 2 is 1.51 bits per heavy atom. The lowest BCUT2D eigenvalue weighted by atomic mass is 9.79. The van der Waals surface area contributed by atoms with Crippen molar-refractivity contribution in [1.29, 1.82) is 0 Å². The molecular formula is C34H31N3O6. The standard InChI is InChI=1S/C34H31N3O6/c1-34-30-29(31(40)36(32(30)41)21-28(39)43-2)26(18-15-22-9-5-3-6-10-22)37(34)27(38)20-35(33(34)42)19-23-13-16-25(17-14-23)24-11-7-4-8-12-24/h3-18,26,29-30H,19-21H2,1-2H3/b18-15+/t26-,29+,30-,34-/m1/s1. The van der Waals surface area contributed by atoms with Crippen LogP contribution in [-0.4, -0.2) is 76.1 Å². The SMILES string of the molecule is COC(=O)CN1C(=O)[C@H]2[C@@H](/C=C/c3ccccc3)N3C(=O)CN(Cc4ccc(-c5ccccc5)cc4)C(=O)[C@@]3(C)[C@H]2C1=O. The van der Waals surface area contributed by atoms with Crippen LogP contribution in [0.2, 0.25) is 0 Å². The Kier molecular flexibility index (Phi) is 7.17. The maximum absolute atomic E-state index is 14.3. The van der Waals surface area contributed by atoms with Gasteiger partial charge in [0.15, 0.2) is 0 Å². The van der Waals surface area contributed by atoms with Crippen LogP contribution in [0.15, 0.2) is 91.0 Å². The van der Waals surface area contributed by atoms with Gasteiger partial charge in [0.2, 0.25) is 23.6 Å². The molecule has 218 valence electrons. The summed E-state index contributed by atoms with van der Waals surface area (Å²) in [5.41, 5.74) is 2.14. The molecule has 3 fully saturated rings. The number of imide groups is 1. The molecule has 3 aromatic carbocycles. The second kappa shape index (κ2) is 11.0. The number of ether oxygens (including phenoxy) is 1. The summed E-state index contributed by atoms with van der Waals surface area (Å²) in [5, 5.41) is 0. The first-order valence-electron chi connectivity index (χ1n) is 14.1. The molecule has 3 heterocycles. The van der Waals surface area contributed by atoms with Gasteiger partial charge in [0.1, 0.15) is 18.6 Å². The van der Waals surface area contributed by atoms with E-state index in [0.717, 1.165) is 27.2 Å². The highest BCUT2D eigenvalue weighted by molar-refractivity contribution is 6.13. The van der Waals surface area contributed by atoms with E-state index < -0.39 is 53.7 Å². The van der Waals surface area contributed by atoms with Crippen molar-refractivity contribution in [2.45, 2.75) is 25.0 Å². The maximum atomic E-state index is 14.3. The minimum atomic E-state index is -1.62. The molecule has 0 saturated carbocycles. The quantitative estimate of drug-likeness (QED) is 0.316. The average molecular weight is 578 g/mol. The number of esters is 1. The van der Waals surface area contributed by atoms with E-state index >= 15 is 0 Å². The van der Waals surface area contributed by atoms with Crippen molar-refractivity contribution in [3.63, 3.8) is 0 Å². The number of hydrogen-bond donors (Lipinski definition) is 0. The van der Waals surface area contributed by atoms with E-state index in [1.807, 2.05) is 84.9 Å². The normalized spacial score (nSPS) is 25.0. The minimum absolute atomic E-state index is 0.166. The third kappa shape index (κ3) is 4.70. The zero-order valence-electron chi connectivity index (χ0n) is 23.9. The first kappa shape index (κ1) is 28.1. The lowest BCUT2D eigenvalue weighted by Gasteiger charge is -2.46. The zero-order chi connectivity index (χ0) is 30.3. The van der Waals surface area contributed by atoms with Gasteiger partial charge in [-0.3, -0.25) is 28.9 Å². The fourth-order valence-corrected chi connectivity index (χ4v) is 6.71. The predicted molar refractivity (Wildman–Crippen MR) is 158 cm³/mol. The Labute approximate surface area is 249 Å². The molecule has 0 N–H and O–H groups in total. The molecule has 9 heteroatoms. The van der Waals surface area contributed by atoms with Crippen LogP contribution in [0.25, 0.3) is 17.2 Å². The summed E-state index contributed by atoms with van der Waals surface area (Å²) in [4.78, 5) is 71.4. The van der Waals surface area contributed by atoms with Crippen molar-refractivity contribution in [2.24, 2.45) is 11.8 Å². The van der Waals surface area contributed by atoms with Gasteiger partial charge in [0, 0.05) is 6.54 Å². The second-order valence-corrected chi connectivity index (χ2v) is 11.2. The van der Waals surface area contributed by atoms with Crippen molar-refractivity contribution in [3.8, 4) is 11.1 Å². The number of piperazine rings is 1. The number of likely N-dealkylation sites (tertiary alicyclic amines) is 1. The van der Waals surface area contributed by atoms with Crippen LogP contribution in [0, 0.1) is 11.8 Å². The summed E-state index contributed by atoms with van der Waals surface area (Å²) in [6, 6.07) is 26.2. The number of carbonyl (C=O) groups excluding carboxylic acids is 5. The van der Waals surface area contributed by atoms with Crippen molar-refractivity contribution < 1.29 is 28.7 Å². The number of amides is 4. The summed E-state index contributed by atoms with van der Waals surface area (Å²) in [5.74, 6) is -4.91. The highest BCUT2D eigenvalue weighted by atomic mass is 16.5. The van der Waals surface area contributed by atoms with Gasteiger partial charge in [-0.2, -0.15) is 0 Å². The Bertz CT molecular complexity index is 1620. The fraction of sp³-hybridized carbons (Fsp3) is 0.265. The van der Waals surface area contributed by atoms with Gasteiger partial charge in [0.25, 0.3) is 0 Å². The molecule has 0 unspecified atom stereocenters. The van der Waals surface area contributed by atoms with Crippen molar-refractivity contribution in [2.75, 3.05) is 20.2 Å². The molecule has 0 aromatic heterocycles. The second-order valence-electron chi connectivity index (χ2n) is 11.2. The van der Waals surface area contributed by atoms with E-state index in [-0.39, 0.29) is 19.0 Å². The molecule has 3 aromatic rings. The molecular weight excluding hydrogens is 546 g/mol. The first-order chi connectivity index (χ1) is 20.7. The number of benzene rings is 3. The summed E-state index contributed by atoms with van der Waals surface area (Å²) in [6.07, 6.45) is 3.50. The van der Waals surface area contributed by atoms with E-state index in [2.05, 4.69) is 0 Å². The molecule has 3 saturated heterocycles. The summed E-state index contributed by atoms with van der Waals surface area (Å²) < 4.78 is 4.71. The summed E-state index contributed by atoms with van der Waals surface area (Å²) in [6.45, 7) is 1.00. The molecule has 4 amide bonds. The van der Waals surface area contributed by atoms with E-state index in [1.54, 1.807) is 19.1 Å². The number of nitrogens with zero attached hydrogens (tertiary/aromatic N) is 3. The van der Waals surface area contributed by atoms with E-state index in [9.17, 15) is 24.0 Å². The van der Waals surface area contributed by atoms with Gasteiger partial charge in [0.05, 0.1) is 25.0 Å². The lowest BCUT2D eigenvalue weighted by molar-refractivity contribution is -0.167. The number of carbonyl (C=O) groups is 5. The summed E-state index contributed by atoms with van der Waals surface area (Å²) in [7, 11) is 1.18. The van der Waals surface area contributed by atoms with Gasteiger partial charge >= 0.3 is 5.97 Å². The first-order valence-corrected chi connectivity index (χ1v) is 14.1. The monoisotopic (exact) mass is 577 g/mol. The molecule has 0 radical (unpaired) electrons. The van der Waals surface area contributed by atoms with E-state index in [0.29, 0.717) is 0 Å². The van der Waals surface area contributed by atoms with Crippen LogP contribution < -0.4 is 0 Å². The predicted octanol–water partition coefficient (Wildman–Crippen LogP) is 3.15. The zero-order valence-corrected chi connectivity index (χ0v) is 23.9. The van der Waals surface area contributed by atoms with Crippen molar-refractivity contribution in [3.05, 3.63) is 102 Å². The molecule has 4 atom stereocenters. The molecule has 0 spiro atoms. The highest BCUT2D eigenvalue weighted by Gasteiger charge is 2.72. The Morgan fingerprint density at radius 3 is 2.16 bits per heavy atom. The Balaban J connectivity index is 1.34. The van der Waals surface area contributed by atoms with Crippen LogP contribution in [0.4, 0.5) is 0 Å². The van der Waals surface area contributed by atoms with Gasteiger partial charge in [-0.1, -0.05) is 97.1 Å². The van der Waals surface area contributed by atoms with Gasteiger partial charge in [-0.25, -0.2) is 0 Å². The molecule has 3 aliphatic rings. The Hall–Kier alpha value is -5.05. The minimum Gasteiger partial charge on any atom is -0.468 e. The van der Waals surface area contributed by atoms with Crippen LogP contribution in [-0.2, 0) is 35.3 Å². The molecule has 43 heavy (non-hydrogen) atoms. The molecule has 3 aliphatic heterocycles. The largest absolute Gasteiger partial charge is 0.468 e. The third-order valence-corrected chi connectivity index (χ3v) is 8.76. The van der Waals surface area contributed by atoms with Crippen LogP contribution in [0.3, 0.4) is 0 Å². The Morgan fingerprint density at radius 1 is 0.884 bits per heavy atom. The number of hydrogen-bond acceptors (Lipinski definition) is 6. The van der Waals surface area contributed by atoms with Crippen LogP contribution in [0.5, 0.6) is 0 Å². The lowest BCUT2D eigenvalue weighted by Crippen LogP contribution is -2.68. The average Bonchev–Trinajstić information content (AvgIpc) is 3.45. The molecule has 0 bridgehead atoms. The smallest absolute Gasteiger partial charge is 0.325 e. The van der Waals surface area contributed by atoms with Crippen molar-refractivity contribution >= 4 is 35.7 Å². The third-order valence-electron chi connectivity index (χ3n) is 8.76. The molecule has 9 nitrogen and oxygen atoms in total. The van der Waals surface area contributed by atoms with Crippen LogP contribution in [0.1, 0.15) is 18.1 Å². The molecule has 6 rings (SSSR count). The number of fused-ring (bicyclic) bond motifs is 3. The van der Waals surface area contributed by atoms with Gasteiger partial charge in [-0.15, -0.1) is 0 Å². The number of rotatable bonds is 7. The molecule has 0 aliphatic carbocycles. The van der Waals surface area contributed by atoms with E-state index in [4.69, 9.17) is 4.74 Å². The summed E-state index contributed by atoms with van der Waals surface area (Å²) >= 11 is 0. The number of methoxy groups -OCH3 is 1. The van der Waals surface area contributed by atoms with Gasteiger partial charge < -0.3 is 14.5 Å². The highest BCUT2D eigenvalue weighted by Crippen LogP contribution is 2.51. The maximum Gasteiger partial charge on any atom is 0.325 e. The van der Waals surface area contributed by atoms with Gasteiger partial charge in [-0.05, 0) is 29.2 Å².